The molecule has 4 aromatic carbocycles. The van der Waals surface area contributed by atoms with Gasteiger partial charge in [-0.1, -0.05) is 59.7 Å². The van der Waals surface area contributed by atoms with E-state index in [1.54, 1.807) is 48.5 Å². The third-order valence-electron chi connectivity index (χ3n) is 11.4. The second-order valence-electron chi connectivity index (χ2n) is 14.0. The molecule has 8 rings (SSSR count). The number of fused-ring (bicyclic) bond motifs is 4. The lowest BCUT2D eigenvalue weighted by atomic mass is 9.49. The molecule has 2 N–H and O–H groups in total. The van der Waals surface area contributed by atoms with Gasteiger partial charge in [-0.15, -0.1) is 6.58 Å². The first-order chi connectivity index (χ1) is 26.0. The van der Waals surface area contributed by atoms with Crippen molar-refractivity contribution < 1.29 is 33.6 Å². The van der Waals surface area contributed by atoms with Crippen molar-refractivity contribution in [3.63, 3.8) is 0 Å². The Bertz CT molecular complexity index is 2300. The standard InChI is InChI=1S/C41H32ClFN4O7/c1-2-4-22-5-3-6-31(36(22)48)35-29-19-20-30-34(39(51)45(37(30)49)27-15-17-28(18-16-27)47(53)54)32(29)21-33-38(50)46(44-26-13-11-25(43)12-14-26)40(52)41(33,35)23-7-9-24(42)10-8-23/h2-3,5-19,30,32-35,44,48H,1,4,20-21H2/t30-,32+,33-,34-,35+,41+/m0/s1. The molecule has 272 valence electrons. The van der Waals surface area contributed by atoms with E-state index in [9.17, 15) is 34.0 Å². The first-order valence-electron chi connectivity index (χ1n) is 17.4. The molecule has 4 amide bonds. The number of nitro groups is 1. The van der Waals surface area contributed by atoms with Gasteiger partial charge in [0.05, 0.1) is 39.5 Å². The van der Waals surface area contributed by atoms with Gasteiger partial charge in [-0.25, -0.2) is 4.39 Å². The number of hydrazine groups is 1. The van der Waals surface area contributed by atoms with Crippen LogP contribution in [0.15, 0.2) is 115 Å². The number of benzene rings is 4. The summed E-state index contributed by atoms with van der Waals surface area (Å²) in [6.45, 7) is 3.82. The highest BCUT2D eigenvalue weighted by atomic mass is 35.5. The highest BCUT2D eigenvalue weighted by molar-refractivity contribution is 6.30. The highest BCUT2D eigenvalue weighted by Gasteiger charge is 2.70. The molecule has 2 aliphatic heterocycles. The SMILES string of the molecule is C=CCc1cccc([C@H]2C3=CC[C@@H]4C(=O)N(c5ccc([N+](=O)[O-])cc5)C(=O)[C@@H]4[C@@H]3C[C@H]3C(=O)N(Nc4ccc(F)cc4)C(=O)[C@@]23c2ccc(Cl)cc2)c1O. The molecule has 11 nitrogen and oxygen atoms in total. The topological polar surface area (TPSA) is 150 Å². The number of phenols is 1. The Morgan fingerprint density at radius 1 is 0.944 bits per heavy atom. The van der Waals surface area contributed by atoms with Gasteiger partial charge in [0.2, 0.25) is 11.8 Å². The summed E-state index contributed by atoms with van der Waals surface area (Å²) < 4.78 is 13.9. The van der Waals surface area contributed by atoms with Gasteiger partial charge >= 0.3 is 0 Å². The van der Waals surface area contributed by atoms with Gasteiger partial charge in [0.15, 0.2) is 0 Å². The molecule has 6 atom stereocenters. The lowest BCUT2D eigenvalue weighted by Gasteiger charge is -2.50. The van der Waals surface area contributed by atoms with Crippen LogP contribution in [0.4, 0.5) is 21.5 Å². The average Bonchev–Trinajstić information content (AvgIpc) is 3.54. The Kier molecular flexibility index (Phi) is 8.45. The number of carbonyl (C=O) groups is 4. The van der Waals surface area contributed by atoms with Crippen LogP contribution >= 0.6 is 11.6 Å². The number of hydrogen-bond acceptors (Lipinski definition) is 8. The molecule has 54 heavy (non-hydrogen) atoms. The van der Waals surface area contributed by atoms with Crippen molar-refractivity contribution in [3.05, 3.63) is 153 Å². The second kappa shape index (κ2) is 13.1. The zero-order chi connectivity index (χ0) is 38.1. The minimum absolute atomic E-state index is 0.00146. The van der Waals surface area contributed by atoms with Crippen LogP contribution in [0.2, 0.25) is 5.02 Å². The van der Waals surface area contributed by atoms with E-state index in [0.717, 1.165) is 9.91 Å². The largest absolute Gasteiger partial charge is 0.507 e. The Morgan fingerprint density at radius 2 is 1.65 bits per heavy atom. The van der Waals surface area contributed by atoms with Crippen LogP contribution in [0.25, 0.3) is 0 Å². The first-order valence-corrected chi connectivity index (χ1v) is 17.8. The monoisotopic (exact) mass is 746 g/mol. The number of aromatic hydroxyl groups is 1. The summed E-state index contributed by atoms with van der Waals surface area (Å²) in [5.74, 6) is -7.37. The first kappa shape index (κ1) is 34.9. The quantitative estimate of drug-likeness (QED) is 0.0847. The normalized spacial score (nSPS) is 25.9. The van der Waals surface area contributed by atoms with Crippen LogP contribution in [0.5, 0.6) is 5.75 Å². The van der Waals surface area contributed by atoms with Crippen molar-refractivity contribution in [2.75, 3.05) is 10.3 Å². The maximum absolute atomic E-state index is 15.3. The molecular weight excluding hydrogens is 715 g/mol. The lowest BCUT2D eigenvalue weighted by molar-refractivity contribution is -0.384. The lowest BCUT2D eigenvalue weighted by Crippen LogP contribution is -2.53. The number of para-hydroxylation sites is 1. The fourth-order valence-electron chi connectivity index (χ4n) is 9.14. The molecule has 0 bridgehead atoms. The number of carbonyl (C=O) groups excluding carboxylic acids is 4. The summed E-state index contributed by atoms with van der Waals surface area (Å²) in [5, 5.41) is 24.6. The average molecular weight is 747 g/mol. The van der Waals surface area contributed by atoms with Gasteiger partial charge in [-0.05, 0) is 84.8 Å². The fourth-order valence-corrected chi connectivity index (χ4v) is 9.27. The molecule has 0 unspecified atom stereocenters. The van der Waals surface area contributed by atoms with Crippen LogP contribution in [-0.4, -0.2) is 38.7 Å². The van der Waals surface area contributed by atoms with E-state index in [1.807, 2.05) is 6.08 Å². The number of anilines is 2. The zero-order valence-electron chi connectivity index (χ0n) is 28.5. The smallest absolute Gasteiger partial charge is 0.269 e. The van der Waals surface area contributed by atoms with Gasteiger partial charge < -0.3 is 5.11 Å². The Morgan fingerprint density at radius 3 is 2.31 bits per heavy atom. The molecular formula is C41H32ClFN4O7. The number of phenolic OH excluding ortho intramolecular Hbond substituents is 1. The van der Waals surface area contributed by atoms with E-state index in [1.165, 1.54) is 48.5 Å². The van der Waals surface area contributed by atoms with E-state index < -0.39 is 69.4 Å². The van der Waals surface area contributed by atoms with Crippen molar-refractivity contribution in [3.8, 4) is 5.75 Å². The predicted molar refractivity (Wildman–Crippen MR) is 197 cm³/mol. The summed E-state index contributed by atoms with van der Waals surface area (Å²) >= 11 is 6.36. The molecule has 2 aliphatic carbocycles. The second-order valence-corrected chi connectivity index (χ2v) is 14.4. The van der Waals surface area contributed by atoms with Crippen molar-refractivity contribution >= 4 is 52.3 Å². The van der Waals surface area contributed by atoms with Crippen molar-refractivity contribution in [1.82, 2.24) is 5.01 Å². The van der Waals surface area contributed by atoms with Gasteiger partial charge in [0, 0.05) is 28.6 Å². The van der Waals surface area contributed by atoms with Crippen LogP contribution in [-0.2, 0) is 31.0 Å². The number of non-ortho nitro benzene ring substituents is 1. The molecule has 1 saturated carbocycles. The number of rotatable bonds is 8. The van der Waals surface area contributed by atoms with Crippen LogP contribution in [0, 0.1) is 39.6 Å². The van der Waals surface area contributed by atoms with Crippen molar-refractivity contribution in [1.29, 1.82) is 0 Å². The number of halogens is 2. The number of allylic oxidation sites excluding steroid dienone is 3. The third kappa shape index (κ3) is 5.15. The molecule has 0 spiro atoms. The van der Waals surface area contributed by atoms with Crippen LogP contribution in [0.3, 0.4) is 0 Å². The summed E-state index contributed by atoms with van der Waals surface area (Å²) in [5.41, 5.74) is 3.48. The summed E-state index contributed by atoms with van der Waals surface area (Å²) in [4.78, 5) is 70.4. The fraction of sp³-hybridized carbons (Fsp3) is 0.220. The number of nitrogens with one attached hydrogen (secondary N) is 1. The van der Waals surface area contributed by atoms with Crippen molar-refractivity contribution in [2.45, 2.75) is 30.6 Å². The molecule has 0 radical (unpaired) electrons. The van der Waals surface area contributed by atoms with E-state index in [0.29, 0.717) is 33.7 Å². The number of imide groups is 2. The summed E-state index contributed by atoms with van der Waals surface area (Å²) in [7, 11) is 0. The van der Waals surface area contributed by atoms with E-state index in [-0.39, 0.29) is 35.7 Å². The minimum atomic E-state index is -1.67. The zero-order valence-corrected chi connectivity index (χ0v) is 29.3. The van der Waals surface area contributed by atoms with Gasteiger partial charge in [-0.3, -0.25) is 39.6 Å². The maximum atomic E-state index is 15.3. The summed E-state index contributed by atoms with van der Waals surface area (Å²) in [6, 6.07) is 22.2. The molecule has 2 heterocycles. The number of nitrogens with zero attached hydrogens (tertiary/aromatic N) is 3. The molecule has 3 fully saturated rings. The van der Waals surface area contributed by atoms with Crippen molar-refractivity contribution in [2.24, 2.45) is 23.7 Å². The number of nitro benzene ring substituents is 1. The van der Waals surface area contributed by atoms with Gasteiger partial charge in [-0.2, -0.15) is 5.01 Å². The Hall–Kier alpha value is -6.14. The number of amides is 4. The Balaban J connectivity index is 1.32. The highest BCUT2D eigenvalue weighted by Crippen LogP contribution is 2.65. The molecule has 4 aliphatic rings. The maximum Gasteiger partial charge on any atom is 0.269 e. The van der Waals surface area contributed by atoms with Gasteiger partial charge in [0.25, 0.3) is 17.5 Å². The van der Waals surface area contributed by atoms with Crippen LogP contribution < -0.4 is 10.3 Å². The van der Waals surface area contributed by atoms with E-state index in [4.69, 9.17) is 11.6 Å². The predicted octanol–water partition coefficient (Wildman–Crippen LogP) is 7.01. The third-order valence-corrected chi connectivity index (χ3v) is 11.7. The van der Waals surface area contributed by atoms with E-state index in [2.05, 4.69) is 12.0 Å². The van der Waals surface area contributed by atoms with Gasteiger partial charge in [0.1, 0.15) is 11.6 Å². The van der Waals surface area contributed by atoms with Crippen LogP contribution in [0.1, 0.15) is 35.4 Å². The summed E-state index contributed by atoms with van der Waals surface area (Å²) in [6.07, 6.45) is 3.94. The Labute approximate surface area is 313 Å². The minimum Gasteiger partial charge on any atom is -0.507 e. The van der Waals surface area contributed by atoms with E-state index >= 15 is 4.79 Å². The molecule has 4 aromatic rings. The number of hydrogen-bond donors (Lipinski definition) is 2. The molecule has 13 heteroatoms. The molecule has 2 saturated heterocycles. The molecule has 0 aromatic heterocycles.